The predicted octanol–water partition coefficient (Wildman–Crippen LogP) is 3.94. The number of amides is 1. The van der Waals surface area contributed by atoms with Crippen molar-refractivity contribution in [1.82, 2.24) is 19.7 Å². The van der Waals surface area contributed by atoms with Crippen molar-refractivity contribution < 1.29 is 9.32 Å². The number of anilines is 2. The standard InChI is InChI=1S/C24H28N6O4S/c1-4-6-10-29(19-20(25)30(11-7-5-2)24(33)27-21(19)31)23(32)15-13-16(17-9-8-12-35-17)26-22-18(15)14(3)28-34-22/h8-9,12-13H,4-7,10-11,25H2,1-3H3,(H,27,31,33). The molecule has 10 nitrogen and oxygen atoms in total. The fourth-order valence-electron chi connectivity index (χ4n) is 3.97. The van der Waals surface area contributed by atoms with E-state index in [9.17, 15) is 14.4 Å². The molecule has 4 aromatic rings. The van der Waals surface area contributed by atoms with E-state index in [-0.39, 0.29) is 23.8 Å². The van der Waals surface area contributed by atoms with E-state index in [0.29, 0.717) is 41.7 Å². The lowest BCUT2D eigenvalue weighted by atomic mass is 10.1. The number of aromatic amines is 1. The highest BCUT2D eigenvalue weighted by Crippen LogP contribution is 2.31. The summed E-state index contributed by atoms with van der Waals surface area (Å²) in [4.78, 5) is 48.6. The van der Waals surface area contributed by atoms with Gasteiger partial charge < -0.3 is 15.2 Å². The zero-order valence-corrected chi connectivity index (χ0v) is 20.8. The van der Waals surface area contributed by atoms with E-state index >= 15 is 0 Å². The van der Waals surface area contributed by atoms with Gasteiger partial charge in [-0.2, -0.15) is 0 Å². The molecule has 35 heavy (non-hydrogen) atoms. The first-order valence-electron chi connectivity index (χ1n) is 11.6. The minimum atomic E-state index is -0.699. The largest absolute Gasteiger partial charge is 0.383 e. The van der Waals surface area contributed by atoms with E-state index in [2.05, 4.69) is 15.1 Å². The summed E-state index contributed by atoms with van der Waals surface area (Å²) < 4.78 is 6.72. The number of thiophene rings is 1. The first-order chi connectivity index (χ1) is 16.9. The topological polar surface area (TPSA) is 140 Å². The molecule has 0 aliphatic rings. The van der Waals surface area contributed by atoms with Gasteiger partial charge in [0.05, 0.1) is 27.2 Å². The number of nitrogens with two attached hydrogens (primary N) is 1. The molecule has 0 atom stereocenters. The monoisotopic (exact) mass is 496 g/mol. The molecule has 0 saturated carbocycles. The van der Waals surface area contributed by atoms with Gasteiger partial charge in [0.1, 0.15) is 5.82 Å². The Balaban J connectivity index is 1.91. The van der Waals surface area contributed by atoms with Gasteiger partial charge in [-0.25, -0.2) is 9.78 Å². The van der Waals surface area contributed by atoms with Gasteiger partial charge in [-0.05, 0) is 37.3 Å². The number of nitrogens with one attached hydrogen (secondary N) is 1. The molecule has 0 radical (unpaired) electrons. The Morgan fingerprint density at radius 1 is 1.26 bits per heavy atom. The lowest BCUT2D eigenvalue weighted by molar-refractivity contribution is 0.0987. The van der Waals surface area contributed by atoms with Gasteiger partial charge >= 0.3 is 5.69 Å². The van der Waals surface area contributed by atoms with Crippen molar-refractivity contribution in [3.05, 3.63) is 55.7 Å². The Morgan fingerprint density at radius 3 is 2.71 bits per heavy atom. The molecule has 0 bridgehead atoms. The minimum Gasteiger partial charge on any atom is -0.383 e. The number of fused-ring (bicyclic) bond motifs is 1. The molecule has 3 N–H and O–H groups in total. The van der Waals surface area contributed by atoms with E-state index in [1.54, 1.807) is 13.0 Å². The second-order valence-electron chi connectivity index (χ2n) is 8.29. The van der Waals surface area contributed by atoms with Crippen molar-refractivity contribution in [2.24, 2.45) is 0 Å². The zero-order valence-electron chi connectivity index (χ0n) is 20.0. The second kappa shape index (κ2) is 10.3. The van der Waals surface area contributed by atoms with Crippen LogP contribution in [0.2, 0.25) is 0 Å². The van der Waals surface area contributed by atoms with Crippen LogP contribution in [0.25, 0.3) is 21.7 Å². The van der Waals surface area contributed by atoms with Gasteiger partial charge in [0.25, 0.3) is 17.2 Å². The van der Waals surface area contributed by atoms with Crippen LogP contribution >= 0.6 is 11.3 Å². The number of rotatable bonds is 9. The van der Waals surface area contributed by atoms with Crippen LogP contribution in [0.4, 0.5) is 11.5 Å². The van der Waals surface area contributed by atoms with E-state index in [1.165, 1.54) is 20.8 Å². The van der Waals surface area contributed by atoms with Crippen LogP contribution in [0.5, 0.6) is 0 Å². The number of nitrogen functional groups attached to an aromatic ring is 1. The Morgan fingerprint density at radius 2 is 2.03 bits per heavy atom. The Labute approximate surface area is 205 Å². The van der Waals surface area contributed by atoms with Gasteiger partial charge in [-0.1, -0.05) is 37.9 Å². The van der Waals surface area contributed by atoms with Crippen molar-refractivity contribution in [3.63, 3.8) is 0 Å². The van der Waals surface area contributed by atoms with Gasteiger partial charge in [0.15, 0.2) is 5.69 Å². The van der Waals surface area contributed by atoms with E-state index in [4.69, 9.17) is 10.3 Å². The summed E-state index contributed by atoms with van der Waals surface area (Å²) >= 11 is 1.48. The number of aromatic nitrogens is 4. The average molecular weight is 497 g/mol. The highest BCUT2D eigenvalue weighted by Gasteiger charge is 2.28. The highest BCUT2D eigenvalue weighted by molar-refractivity contribution is 7.13. The van der Waals surface area contributed by atoms with Crippen LogP contribution < -0.4 is 21.9 Å². The number of H-pyrrole nitrogens is 1. The van der Waals surface area contributed by atoms with Crippen molar-refractivity contribution in [3.8, 4) is 10.6 Å². The maximum absolute atomic E-state index is 14.1. The van der Waals surface area contributed by atoms with Gasteiger partial charge in [-0.3, -0.25) is 19.1 Å². The van der Waals surface area contributed by atoms with Crippen LogP contribution in [-0.2, 0) is 6.54 Å². The minimum absolute atomic E-state index is 0.0255. The van der Waals surface area contributed by atoms with Crippen LogP contribution in [-0.4, -0.2) is 32.1 Å². The number of nitrogens with zero attached hydrogens (tertiary/aromatic N) is 4. The maximum Gasteiger partial charge on any atom is 0.330 e. The van der Waals surface area contributed by atoms with Crippen molar-refractivity contribution in [2.75, 3.05) is 17.2 Å². The number of unbranched alkanes of at least 4 members (excludes halogenated alkanes) is 2. The number of aryl methyl sites for hydroxylation is 1. The third-order valence-corrected chi connectivity index (χ3v) is 6.71. The smallest absolute Gasteiger partial charge is 0.330 e. The van der Waals surface area contributed by atoms with Crippen LogP contribution in [0.3, 0.4) is 0 Å². The molecule has 0 aromatic carbocycles. The van der Waals surface area contributed by atoms with Crippen LogP contribution in [0, 0.1) is 6.92 Å². The molecule has 4 rings (SSSR count). The molecule has 0 aliphatic heterocycles. The summed E-state index contributed by atoms with van der Waals surface area (Å²) in [5.41, 5.74) is 6.65. The second-order valence-corrected chi connectivity index (χ2v) is 9.24. The zero-order chi connectivity index (χ0) is 25.1. The maximum atomic E-state index is 14.1. The lowest BCUT2D eigenvalue weighted by Crippen LogP contribution is -2.41. The Hall–Kier alpha value is -3.73. The summed E-state index contributed by atoms with van der Waals surface area (Å²) in [6.45, 7) is 6.30. The van der Waals surface area contributed by atoms with Gasteiger partial charge in [0.2, 0.25) is 0 Å². The van der Waals surface area contributed by atoms with Gasteiger partial charge in [0, 0.05) is 13.1 Å². The van der Waals surface area contributed by atoms with Crippen LogP contribution in [0.1, 0.15) is 55.6 Å². The summed E-state index contributed by atoms with van der Waals surface area (Å²) in [6, 6.07) is 5.49. The molecule has 4 aromatic heterocycles. The fraction of sp³-hybridized carbons (Fsp3) is 0.375. The van der Waals surface area contributed by atoms with Crippen molar-refractivity contribution >= 4 is 39.8 Å². The van der Waals surface area contributed by atoms with E-state index < -0.39 is 17.2 Å². The fourth-order valence-corrected chi connectivity index (χ4v) is 4.65. The Bertz CT molecular complexity index is 1470. The SMILES string of the molecule is CCCCN(C(=O)c1cc(-c2cccs2)nc2onc(C)c12)c1c(N)n(CCCC)c(=O)[nH]c1=O. The lowest BCUT2D eigenvalue weighted by Gasteiger charge is -2.25. The van der Waals surface area contributed by atoms with Crippen molar-refractivity contribution in [1.29, 1.82) is 0 Å². The molecular formula is C24H28N6O4S. The molecule has 0 spiro atoms. The van der Waals surface area contributed by atoms with E-state index in [0.717, 1.165) is 17.7 Å². The third-order valence-electron chi connectivity index (χ3n) is 5.82. The predicted molar refractivity (Wildman–Crippen MR) is 137 cm³/mol. The molecule has 184 valence electrons. The first-order valence-corrected chi connectivity index (χ1v) is 12.5. The average Bonchev–Trinajstić information content (AvgIpc) is 3.50. The number of hydrogen-bond donors (Lipinski definition) is 2. The molecule has 0 fully saturated rings. The van der Waals surface area contributed by atoms with Crippen LogP contribution in [0.15, 0.2) is 37.7 Å². The molecular weight excluding hydrogens is 468 g/mol. The quantitative estimate of drug-likeness (QED) is 0.358. The summed E-state index contributed by atoms with van der Waals surface area (Å²) in [6.07, 6.45) is 2.96. The van der Waals surface area contributed by atoms with Crippen molar-refractivity contribution in [2.45, 2.75) is 53.0 Å². The molecule has 1 amide bonds. The number of carbonyl (C=O) groups is 1. The third kappa shape index (κ3) is 4.63. The molecule has 0 saturated heterocycles. The molecule has 0 unspecified atom stereocenters. The summed E-state index contributed by atoms with van der Waals surface area (Å²) in [7, 11) is 0. The number of pyridine rings is 1. The number of carbonyl (C=O) groups excluding carboxylic acids is 1. The Kier molecular flexibility index (Phi) is 7.15. The normalized spacial score (nSPS) is 11.3. The summed E-state index contributed by atoms with van der Waals surface area (Å²) in [5.74, 6) is -0.463. The van der Waals surface area contributed by atoms with Gasteiger partial charge in [-0.15, -0.1) is 11.3 Å². The molecule has 11 heteroatoms. The molecule has 4 heterocycles. The highest BCUT2D eigenvalue weighted by atomic mass is 32.1. The van der Waals surface area contributed by atoms with E-state index in [1.807, 2.05) is 31.4 Å². The first kappa shape index (κ1) is 24.4. The summed E-state index contributed by atoms with van der Waals surface area (Å²) in [5, 5.41) is 6.40. The number of hydrogen-bond acceptors (Lipinski definition) is 8. The molecule has 0 aliphatic carbocycles.